The van der Waals surface area contributed by atoms with Gasteiger partial charge in [-0.3, -0.25) is 0 Å². The molecule has 3 N–H and O–H groups in total. The van der Waals surface area contributed by atoms with Gasteiger partial charge in [0.05, 0.1) is 11.8 Å². The minimum atomic E-state index is 0.204. The summed E-state index contributed by atoms with van der Waals surface area (Å²) in [5, 5.41) is 3.54. The second kappa shape index (κ2) is 6.80. The van der Waals surface area contributed by atoms with E-state index in [1.165, 1.54) is 12.8 Å². The molecule has 0 spiro atoms. The van der Waals surface area contributed by atoms with Crippen molar-refractivity contribution >= 4 is 5.69 Å². The molecule has 0 aliphatic heterocycles. The molecule has 0 radical (unpaired) electrons. The summed E-state index contributed by atoms with van der Waals surface area (Å²) in [6, 6.07) is 8.60. The van der Waals surface area contributed by atoms with Crippen molar-refractivity contribution in [1.29, 1.82) is 0 Å². The predicted molar refractivity (Wildman–Crippen MR) is 80.6 cm³/mol. The highest BCUT2D eigenvalue weighted by Gasteiger charge is 2.18. The van der Waals surface area contributed by atoms with Crippen molar-refractivity contribution < 1.29 is 4.74 Å². The summed E-state index contributed by atoms with van der Waals surface area (Å²) in [4.78, 5) is 0. The molecule has 3 heteroatoms. The number of benzene rings is 1. The molecule has 0 heterocycles. The van der Waals surface area contributed by atoms with E-state index in [4.69, 9.17) is 10.5 Å². The smallest absolute Gasteiger partial charge is 0.142 e. The number of nitrogens with one attached hydrogen (secondary N) is 1. The van der Waals surface area contributed by atoms with E-state index in [-0.39, 0.29) is 6.10 Å². The number of hydrogen-bond acceptors (Lipinski definition) is 3. The second-order valence-electron chi connectivity index (χ2n) is 5.82. The van der Waals surface area contributed by atoms with Gasteiger partial charge in [0.1, 0.15) is 5.75 Å². The van der Waals surface area contributed by atoms with E-state index in [2.05, 4.69) is 25.2 Å². The number of hydrogen-bond donors (Lipinski definition) is 2. The number of nitrogens with two attached hydrogens (primary N) is 1. The van der Waals surface area contributed by atoms with E-state index in [0.717, 1.165) is 36.7 Å². The molecule has 19 heavy (non-hydrogen) atoms. The zero-order valence-corrected chi connectivity index (χ0v) is 12.1. The summed E-state index contributed by atoms with van der Waals surface area (Å²) in [6.45, 7) is 5.13. The Labute approximate surface area is 116 Å². The molecule has 1 aromatic rings. The molecule has 0 bridgehead atoms. The fourth-order valence-corrected chi connectivity index (χ4v) is 2.62. The molecule has 1 aliphatic carbocycles. The van der Waals surface area contributed by atoms with Crippen molar-refractivity contribution in [2.75, 3.05) is 11.9 Å². The van der Waals surface area contributed by atoms with Crippen LogP contribution in [-0.4, -0.2) is 18.7 Å². The lowest BCUT2D eigenvalue weighted by atomic mass is 9.86. The van der Waals surface area contributed by atoms with Crippen LogP contribution in [0.25, 0.3) is 0 Å². The highest BCUT2D eigenvalue weighted by atomic mass is 16.5. The third-order valence-corrected chi connectivity index (χ3v) is 3.72. The maximum atomic E-state index is 5.94. The van der Waals surface area contributed by atoms with Crippen molar-refractivity contribution in [3.05, 3.63) is 24.3 Å². The van der Waals surface area contributed by atoms with Gasteiger partial charge in [0.2, 0.25) is 0 Å². The third kappa shape index (κ3) is 4.43. The number of ether oxygens (including phenoxy) is 1. The van der Waals surface area contributed by atoms with Gasteiger partial charge in [0.25, 0.3) is 0 Å². The normalized spacial score (nSPS) is 23.4. The van der Waals surface area contributed by atoms with Crippen molar-refractivity contribution in [3.63, 3.8) is 0 Å². The number of para-hydroxylation sites is 2. The molecule has 1 aromatic carbocycles. The first kappa shape index (κ1) is 14.2. The van der Waals surface area contributed by atoms with E-state index in [9.17, 15) is 0 Å². The minimum Gasteiger partial charge on any atom is -0.489 e. The molecule has 0 unspecified atom stereocenters. The van der Waals surface area contributed by atoms with Gasteiger partial charge in [-0.2, -0.15) is 0 Å². The van der Waals surface area contributed by atoms with Crippen LogP contribution in [-0.2, 0) is 0 Å². The number of anilines is 1. The molecule has 0 atom stereocenters. The predicted octanol–water partition coefficient (Wildman–Crippen LogP) is 3.40. The van der Waals surface area contributed by atoms with Crippen LogP contribution in [0.1, 0.15) is 39.5 Å². The van der Waals surface area contributed by atoms with Crippen LogP contribution < -0.4 is 15.8 Å². The molecule has 0 aromatic heterocycles. The minimum absolute atomic E-state index is 0.204. The fourth-order valence-electron chi connectivity index (χ4n) is 2.62. The van der Waals surface area contributed by atoms with E-state index in [1.807, 2.05) is 18.2 Å². The average molecular weight is 262 g/mol. The quantitative estimate of drug-likeness (QED) is 0.855. The lowest BCUT2D eigenvalue weighted by Gasteiger charge is -2.27. The summed E-state index contributed by atoms with van der Waals surface area (Å²) in [5.74, 6) is 1.69. The third-order valence-electron chi connectivity index (χ3n) is 3.72. The van der Waals surface area contributed by atoms with Crippen molar-refractivity contribution in [2.45, 2.75) is 51.7 Å². The second-order valence-corrected chi connectivity index (χ2v) is 5.82. The summed E-state index contributed by atoms with van der Waals surface area (Å²) in [6.07, 6.45) is 5.01. The monoisotopic (exact) mass is 262 g/mol. The summed E-state index contributed by atoms with van der Waals surface area (Å²) >= 11 is 0. The lowest BCUT2D eigenvalue weighted by molar-refractivity contribution is 0.243. The number of rotatable bonds is 5. The van der Waals surface area contributed by atoms with Gasteiger partial charge in [0.15, 0.2) is 0 Å². The summed E-state index contributed by atoms with van der Waals surface area (Å²) in [5.41, 5.74) is 7.05. The Morgan fingerprint density at radius 1 is 1.21 bits per heavy atom. The molecule has 0 amide bonds. The van der Waals surface area contributed by atoms with Crippen molar-refractivity contribution in [3.8, 4) is 5.75 Å². The Hall–Kier alpha value is -1.22. The Balaban J connectivity index is 1.88. The van der Waals surface area contributed by atoms with Crippen LogP contribution in [0, 0.1) is 5.92 Å². The first-order valence-electron chi connectivity index (χ1n) is 7.40. The lowest BCUT2D eigenvalue weighted by Crippen LogP contribution is -2.29. The summed E-state index contributed by atoms with van der Waals surface area (Å²) < 4.78 is 5.82. The van der Waals surface area contributed by atoms with Crippen LogP contribution in [0.4, 0.5) is 5.69 Å². The Morgan fingerprint density at radius 2 is 1.89 bits per heavy atom. The van der Waals surface area contributed by atoms with E-state index < -0.39 is 0 Å². The Bertz CT molecular complexity index is 384. The largest absolute Gasteiger partial charge is 0.489 e. The van der Waals surface area contributed by atoms with Crippen molar-refractivity contribution in [2.24, 2.45) is 11.7 Å². The van der Waals surface area contributed by atoms with Crippen LogP contribution >= 0.6 is 0 Å². The Morgan fingerprint density at radius 3 is 2.58 bits per heavy atom. The van der Waals surface area contributed by atoms with Gasteiger partial charge >= 0.3 is 0 Å². The summed E-state index contributed by atoms with van der Waals surface area (Å²) in [7, 11) is 0. The molecule has 0 saturated heterocycles. The first-order chi connectivity index (χ1) is 9.15. The molecule has 3 nitrogen and oxygen atoms in total. The van der Waals surface area contributed by atoms with Crippen LogP contribution in [0.5, 0.6) is 5.75 Å². The molecule has 1 fully saturated rings. The maximum absolute atomic E-state index is 5.94. The first-order valence-corrected chi connectivity index (χ1v) is 7.40. The van der Waals surface area contributed by atoms with Gasteiger partial charge in [-0.05, 0) is 57.6 Å². The average Bonchev–Trinajstić information content (AvgIpc) is 2.39. The fraction of sp³-hybridized carbons (Fsp3) is 0.625. The van der Waals surface area contributed by atoms with Crippen molar-refractivity contribution in [1.82, 2.24) is 0 Å². The SMILES string of the molecule is CC(C)Oc1ccccc1NCC1CCC(N)CC1. The van der Waals surface area contributed by atoms with Gasteiger partial charge < -0.3 is 15.8 Å². The molecule has 106 valence electrons. The standard InChI is InChI=1S/C16H26N2O/c1-12(2)19-16-6-4-3-5-15(16)18-11-13-7-9-14(17)10-8-13/h3-6,12-14,18H,7-11,17H2,1-2H3. The van der Waals surface area contributed by atoms with Gasteiger partial charge in [0, 0.05) is 12.6 Å². The maximum Gasteiger partial charge on any atom is 0.142 e. The van der Waals surface area contributed by atoms with E-state index >= 15 is 0 Å². The molecule has 2 rings (SSSR count). The van der Waals surface area contributed by atoms with Gasteiger partial charge in [-0.25, -0.2) is 0 Å². The Kier molecular flexibility index (Phi) is 5.08. The topological polar surface area (TPSA) is 47.3 Å². The zero-order chi connectivity index (χ0) is 13.7. The molecule has 1 saturated carbocycles. The van der Waals surface area contributed by atoms with Crippen LogP contribution in [0.2, 0.25) is 0 Å². The molecule has 1 aliphatic rings. The van der Waals surface area contributed by atoms with E-state index in [0.29, 0.717) is 6.04 Å². The van der Waals surface area contributed by atoms with E-state index in [1.54, 1.807) is 0 Å². The highest BCUT2D eigenvalue weighted by molar-refractivity contribution is 5.56. The van der Waals surface area contributed by atoms with Crippen LogP contribution in [0.3, 0.4) is 0 Å². The van der Waals surface area contributed by atoms with Gasteiger partial charge in [-0.1, -0.05) is 12.1 Å². The zero-order valence-electron chi connectivity index (χ0n) is 12.1. The highest BCUT2D eigenvalue weighted by Crippen LogP contribution is 2.27. The molecular formula is C16H26N2O. The van der Waals surface area contributed by atoms with Gasteiger partial charge in [-0.15, -0.1) is 0 Å². The van der Waals surface area contributed by atoms with Crippen LogP contribution in [0.15, 0.2) is 24.3 Å². The molecular weight excluding hydrogens is 236 g/mol.